The Labute approximate surface area is 112 Å². The molecule has 9 nitrogen and oxygen atoms in total. The Morgan fingerprint density at radius 3 is 2.85 bits per heavy atom. The Bertz CT molecular complexity index is 626. The van der Waals surface area contributed by atoms with Gasteiger partial charge in [-0.1, -0.05) is 5.16 Å². The largest absolute Gasteiger partial charge is 0.364 e. The summed E-state index contributed by atoms with van der Waals surface area (Å²) in [6, 6.07) is 5.36. The first-order valence-corrected chi connectivity index (χ1v) is 5.54. The summed E-state index contributed by atoms with van der Waals surface area (Å²) in [5, 5.41) is 16.9. The van der Waals surface area contributed by atoms with Crippen LogP contribution in [-0.4, -0.2) is 16.0 Å². The van der Waals surface area contributed by atoms with Gasteiger partial charge in [0.1, 0.15) is 12.0 Å². The number of hydrazine groups is 1. The Morgan fingerprint density at radius 2 is 2.25 bits per heavy atom. The molecule has 20 heavy (non-hydrogen) atoms. The van der Waals surface area contributed by atoms with Crippen LogP contribution >= 0.6 is 0 Å². The second kappa shape index (κ2) is 5.80. The summed E-state index contributed by atoms with van der Waals surface area (Å²) in [5.41, 5.74) is 3.01. The smallest absolute Gasteiger partial charge is 0.270 e. The van der Waals surface area contributed by atoms with Crippen LogP contribution in [0.25, 0.3) is 0 Å². The number of nitro benzene ring substituents is 1. The van der Waals surface area contributed by atoms with Crippen LogP contribution in [0.5, 0.6) is 0 Å². The number of rotatable bonds is 5. The van der Waals surface area contributed by atoms with Gasteiger partial charge in [0.15, 0.2) is 0 Å². The van der Waals surface area contributed by atoms with Crippen molar-refractivity contribution in [1.82, 2.24) is 10.5 Å². The van der Waals surface area contributed by atoms with Gasteiger partial charge < -0.3 is 15.3 Å². The second-order valence-corrected chi connectivity index (χ2v) is 3.80. The van der Waals surface area contributed by atoms with Gasteiger partial charge in [0.25, 0.3) is 11.6 Å². The number of amides is 1. The zero-order valence-corrected chi connectivity index (χ0v) is 10.2. The minimum absolute atomic E-state index is 0.0743. The molecule has 0 atom stereocenters. The molecule has 0 unspecified atom stereocenters. The van der Waals surface area contributed by atoms with Crippen LogP contribution < -0.4 is 16.6 Å². The maximum atomic E-state index is 12.0. The minimum Gasteiger partial charge on any atom is -0.364 e. The summed E-state index contributed by atoms with van der Waals surface area (Å²) in [6.45, 7) is 0.141. The Morgan fingerprint density at radius 1 is 1.45 bits per heavy atom. The Hall–Kier alpha value is -2.94. The molecule has 0 spiro atoms. The first-order chi connectivity index (χ1) is 9.61. The third-order valence-corrected chi connectivity index (χ3v) is 2.54. The lowest BCUT2D eigenvalue weighted by Gasteiger charge is -2.08. The Kier molecular flexibility index (Phi) is 3.91. The van der Waals surface area contributed by atoms with Gasteiger partial charge in [0.2, 0.25) is 0 Å². The van der Waals surface area contributed by atoms with E-state index in [1.807, 2.05) is 0 Å². The van der Waals surface area contributed by atoms with Crippen molar-refractivity contribution in [3.05, 3.63) is 51.9 Å². The van der Waals surface area contributed by atoms with Crippen LogP contribution in [0.3, 0.4) is 0 Å². The predicted molar refractivity (Wildman–Crippen MR) is 68.6 cm³/mol. The number of aromatic nitrogens is 1. The van der Waals surface area contributed by atoms with E-state index in [0.717, 1.165) is 6.07 Å². The topological polar surface area (TPSA) is 136 Å². The molecule has 0 radical (unpaired) electrons. The third-order valence-electron chi connectivity index (χ3n) is 2.54. The van der Waals surface area contributed by atoms with E-state index < -0.39 is 10.8 Å². The first-order valence-electron chi connectivity index (χ1n) is 5.54. The van der Waals surface area contributed by atoms with E-state index >= 15 is 0 Å². The number of hydrogen-bond acceptors (Lipinski definition) is 7. The lowest BCUT2D eigenvalue weighted by Crippen LogP contribution is -2.25. The molecule has 9 heteroatoms. The number of nitrogen functional groups attached to an aromatic ring is 1. The zero-order chi connectivity index (χ0) is 14.5. The lowest BCUT2D eigenvalue weighted by molar-refractivity contribution is -0.384. The average Bonchev–Trinajstić information content (AvgIpc) is 2.97. The van der Waals surface area contributed by atoms with E-state index in [-0.39, 0.29) is 23.5 Å². The number of hydrogen-bond donors (Lipinski definition) is 3. The van der Waals surface area contributed by atoms with Crippen LogP contribution in [0, 0.1) is 10.1 Å². The maximum Gasteiger partial charge on any atom is 0.270 e. The summed E-state index contributed by atoms with van der Waals surface area (Å²) in [6.07, 6.45) is 1.38. The number of nitrogens with two attached hydrogens (primary N) is 1. The summed E-state index contributed by atoms with van der Waals surface area (Å²) < 4.78 is 4.63. The van der Waals surface area contributed by atoms with Gasteiger partial charge in [-0.05, 0) is 6.07 Å². The lowest BCUT2D eigenvalue weighted by atomic mass is 10.1. The second-order valence-electron chi connectivity index (χ2n) is 3.80. The molecule has 4 N–H and O–H groups in total. The number of benzene rings is 1. The summed E-state index contributed by atoms with van der Waals surface area (Å²) in [4.78, 5) is 22.1. The molecule has 2 aromatic rings. The molecule has 0 aliphatic heterocycles. The molecular weight excluding hydrogens is 266 g/mol. The maximum absolute atomic E-state index is 12.0. The van der Waals surface area contributed by atoms with E-state index in [2.05, 4.69) is 20.4 Å². The van der Waals surface area contributed by atoms with Crippen molar-refractivity contribution >= 4 is 17.3 Å². The number of nitrogens with zero attached hydrogens (tertiary/aromatic N) is 2. The van der Waals surface area contributed by atoms with Crippen molar-refractivity contribution in [3.8, 4) is 0 Å². The molecule has 0 saturated heterocycles. The predicted octanol–water partition coefficient (Wildman–Crippen LogP) is 0.798. The molecule has 104 valence electrons. The highest BCUT2D eigenvalue weighted by molar-refractivity contribution is 6.00. The van der Waals surface area contributed by atoms with Gasteiger partial charge in [0, 0.05) is 18.2 Å². The van der Waals surface area contributed by atoms with E-state index in [9.17, 15) is 14.9 Å². The number of nitro groups is 1. The standard InChI is InChI=1S/C11H11N5O4/c12-14-10-2-1-8(16(18)19)5-9(10)11(17)13-6-7-3-4-20-15-7/h1-5,14H,6,12H2,(H,13,17). The highest BCUT2D eigenvalue weighted by Gasteiger charge is 2.16. The number of carbonyl (C=O) groups is 1. The van der Waals surface area contributed by atoms with Gasteiger partial charge in [-0.3, -0.25) is 20.8 Å². The van der Waals surface area contributed by atoms with Crippen molar-refractivity contribution in [3.63, 3.8) is 0 Å². The van der Waals surface area contributed by atoms with Crippen molar-refractivity contribution in [2.24, 2.45) is 5.84 Å². The van der Waals surface area contributed by atoms with Crippen molar-refractivity contribution < 1.29 is 14.2 Å². The van der Waals surface area contributed by atoms with Gasteiger partial charge >= 0.3 is 0 Å². The third kappa shape index (κ3) is 2.90. The molecule has 0 fully saturated rings. The normalized spacial score (nSPS) is 10.1. The average molecular weight is 277 g/mol. The molecule has 2 rings (SSSR count). The SMILES string of the molecule is NNc1ccc([N+](=O)[O-])cc1C(=O)NCc1ccon1. The van der Waals surface area contributed by atoms with Crippen LogP contribution in [0.2, 0.25) is 0 Å². The molecule has 1 aromatic carbocycles. The van der Waals surface area contributed by atoms with Crippen LogP contribution in [0.4, 0.5) is 11.4 Å². The van der Waals surface area contributed by atoms with Crippen molar-refractivity contribution in [2.45, 2.75) is 6.54 Å². The van der Waals surface area contributed by atoms with Crippen LogP contribution in [0.1, 0.15) is 16.1 Å². The van der Waals surface area contributed by atoms with E-state index in [1.54, 1.807) is 6.07 Å². The van der Waals surface area contributed by atoms with Gasteiger partial charge in [-0.15, -0.1) is 0 Å². The van der Waals surface area contributed by atoms with Gasteiger partial charge in [-0.2, -0.15) is 0 Å². The number of carbonyl (C=O) groups excluding carboxylic acids is 1. The van der Waals surface area contributed by atoms with E-state index in [4.69, 9.17) is 5.84 Å². The highest BCUT2D eigenvalue weighted by Crippen LogP contribution is 2.21. The fourth-order valence-corrected chi connectivity index (χ4v) is 1.55. The highest BCUT2D eigenvalue weighted by atomic mass is 16.6. The van der Waals surface area contributed by atoms with E-state index in [0.29, 0.717) is 5.69 Å². The van der Waals surface area contributed by atoms with Crippen molar-refractivity contribution in [2.75, 3.05) is 5.43 Å². The molecule has 1 aromatic heterocycles. The van der Waals surface area contributed by atoms with Gasteiger partial charge in [0.05, 0.1) is 22.7 Å². The number of anilines is 1. The fraction of sp³-hybridized carbons (Fsp3) is 0.0909. The summed E-state index contributed by atoms with van der Waals surface area (Å²) in [7, 11) is 0. The molecule has 0 saturated carbocycles. The minimum atomic E-state index is -0.589. The molecule has 1 amide bonds. The zero-order valence-electron chi connectivity index (χ0n) is 10.2. The van der Waals surface area contributed by atoms with Crippen molar-refractivity contribution in [1.29, 1.82) is 0 Å². The molecule has 0 bridgehead atoms. The fourth-order valence-electron chi connectivity index (χ4n) is 1.55. The van der Waals surface area contributed by atoms with Crippen LogP contribution in [0.15, 0.2) is 35.1 Å². The van der Waals surface area contributed by atoms with Crippen LogP contribution in [-0.2, 0) is 6.54 Å². The number of non-ortho nitro benzene ring substituents is 1. The number of nitrogens with one attached hydrogen (secondary N) is 2. The van der Waals surface area contributed by atoms with Gasteiger partial charge in [-0.25, -0.2) is 0 Å². The molecule has 0 aliphatic rings. The monoisotopic (exact) mass is 277 g/mol. The quantitative estimate of drug-likeness (QED) is 0.417. The van der Waals surface area contributed by atoms with E-state index in [1.165, 1.54) is 18.4 Å². The summed E-state index contributed by atoms with van der Waals surface area (Å²) >= 11 is 0. The molecule has 0 aliphatic carbocycles. The molecular formula is C11H11N5O4. The molecule has 1 heterocycles. The Balaban J connectivity index is 2.18. The summed E-state index contributed by atoms with van der Waals surface area (Å²) in [5.74, 6) is 4.77. The first kappa shape index (κ1) is 13.5.